The molecule has 21 heavy (non-hydrogen) atoms. The molecule has 0 aliphatic heterocycles. The first-order valence-corrected chi connectivity index (χ1v) is 7.86. The molecular weight excluding hydrogens is 380 g/mol. The van der Waals surface area contributed by atoms with Gasteiger partial charge in [-0.05, 0) is 41.1 Å². The van der Waals surface area contributed by atoms with Crippen molar-refractivity contribution in [2.45, 2.75) is 13.5 Å². The van der Waals surface area contributed by atoms with Gasteiger partial charge in [0.15, 0.2) is 5.75 Å². The van der Waals surface area contributed by atoms with E-state index in [1.165, 1.54) is 6.07 Å². The van der Waals surface area contributed by atoms with Crippen LogP contribution in [0.5, 0.6) is 5.75 Å². The molecule has 1 N–H and O–H groups in total. The van der Waals surface area contributed by atoms with E-state index in [0.29, 0.717) is 28.6 Å². The molecule has 2 nitrogen and oxygen atoms in total. The molecular formula is C15H13BrCl2FNO. The normalized spacial score (nSPS) is 10.5. The lowest BCUT2D eigenvalue weighted by molar-refractivity contribution is 0.339. The summed E-state index contributed by atoms with van der Waals surface area (Å²) in [5, 5.41) is 3.78. The summed E-state index contributed by atoms with van der Waals surface area (Å²) in [5.74, 6) is 0.218. The number of rotatable bonds is 5. The van der Waals surface area contributed by atoms with Crippen molar-refractivity contribution in [1.82, 2.24) is 0 Å². The van der Waals surface area contributed by atoms with E-state index >= 15 is 0 Å². The summed E-state index contributed by atoms with van der Waals surface area (Å²) in [5.41, 5.74) is 1.16. The predicted molar refractivity (Wildman–Crippen MR) is 89.1 cm³/mol. The van der Waals surface area contributed by atoms with Crippen LogP contribution in [0, 0.1) is 5.82 Å². The fourth-order valence-electron chi connectivity index (χ4n) is 1.86. The van der Waals surface area contributed by atoms with Gasteiger partial charge in [0.2, 0.25) is 0 Å². The van der Waals surface area contributed by atoms with E-state index in [-0.39, 0.29) is 11.6 Å². The monoisotopic (exact) mass is 391 g/mol. The quantitative estimate of drug-likeness (QED) is 0.683. The smallest absolute Gasteiger partial charge is 0.156 e. The van der Waals surface area contributed by atoms with Crippen molar-refractivity contribution in [2.75, 3.05) is 11.9 Å². The summed E-state index contributed by atoms with van der Waals surface area (Å²) in [6.07, 6.45) is 0. The highest BCUT2D eigenvalue weighted by Crippen LogP contribution is 2.37. The Labute approximate surface area is 141 Å². The predicted octanol–water partition coefficient (Wildman–Crippen LogP) is 5.91. The molecule has 0 atom stereocenters. The van der Waals surface area contributed by atoms with Gasteiger partial charge in [0.05, 0.1) is 21.8 Å². The fraction of sp³-hybridized carbons (Fsp3) is 0.200. The van der Waals surface area contributed by atoms with E-state index in [0.717, 1.165) is 4.47 Å². The second-order valence-electron chi connectivity index (χ2n) is 4.26. The van der Waals surface area contributed by atoms with Crippen molar-refractivity contribution in [2.24, 2.45) is 0 Å². The van der Waals surface area contributed by atoms with Crippen LogP contribution in [0.25, 0.3) is 0 Å². The Bertz CT molecular complexity index is 652. The summed E-state index contributed by atoms with van der Waals surface area (Å²) in [6.45, 7) is 2.68. The maximum atomic E-state index is 13.9. The van der Waals surface area contributed by atoms with Crippen molar-refractivity contribution in [1.29, 1.82) is 0 Å². The Morgan fingerprint density at radius 3 is 2.76 bits per heavy atom. The van der Waals surface area contributed by atoms with Crippen LogP contribution in [0.3, 0.4) is 0 Å². The second kappa shape index (κ2) is 7.34. The summed E-state index contributed by atoms with van der Waals surface area (Å²) in [7, 11) is 0. The first-order valence-electron chi connectivity index (χ1n) is 6.31. The van der Waals surface area contributed by atoms with Crippen LogP contribution < -0.4 is 10.1 Å². The lowest BCUT2D eigenvalue weighted by Gasteiger charge is -2.15. The van der Waals surface area contributed by atoms with E-state index in [2.05, 4.69) is 21.2 Å². The van der Waals surface area contributed by atoms with E-state index in [1.807, 2.05) is 6.92 Å². The van der Waals surface area contributed by atoms with E-state index < -0.39 is 5.82 Å². The molecule has 2 aromatic carbocycles. The summed E-state index contributed by atoms with van der Waals surface area (Å²) < 4.78 is 20.2. The van der Waals surface area contributed by atoms with Crippen molar-refractivity contribution in [3.63, 3.8) is 0 Å². The highest BCUT2D eigenvalue weighted by Gasteiger charge is 2.12. The SMILES string of the molecule is CCOc1c(Br)cc(Cl)cc1NCc1cccc(Cl)c1F. The zero-order valence-corrected chi connectivity index (χ0v) is 14.3. The van der Waals surface area contributed by atoms with Gasteiger partial charge in [0, 0.05) is 17.1 Å². The topological polar surface area (TPSA) is 21.3 Å². The Kier molecular flexibility index (Phi) is 5.73. The van der Waals surface area contributed by atoms with Gasteiger partial charge < -0.3 is 10.1 Å². The lowest BCUT2D eigenvalue weighted by Crippen LogP contribution is -2.05. The number of halogens is 4. The maximum Gasteiger partial charge on any atom is 0.156 e. The number of hydrogen-bond acceptors (Lipinski definition) is 2. The average Bonchev–Trinajstić information content (AvgIpc) is 2.44. The van der Waals surface area contributed by atoms with Crippen molar-refractivity contribution in [3.8, 4) is 5.75 Å². The Morgan fingerprint density at radius 1 is 1.29 bits per heavy atom. The van der Waals surface area contributed by atoms with Crippen molar-refractivity contribution >= 4 is 44.8 Å². The van der Waals surface area contributed by atoms with Crippen LogP contribution in [0.15, 0.2) is 34.8 Å². The third-order valence-electron chi connectivity index (χ3n) is 2.80. The van der Waals surface area contributed by atoms with Crippen LogP contribution in [-0.2, 0) is 6.54 Å². The van der Waals surface area contributed by atoms with Crippen LogP contribution in [0.4, 0.5) is 10.1 Å². The molecule has 0 heterocycles. The summed E-state index contributed by atoms with van der Waals surface area (Å²) in [4.78, 5) is 0. The largest absolute Gasteiger partial charge is 0.491 e. The first-order chi connectivity index (χ1) is 10.0. The first kappa shape index (κ1) is 16.4. The summed E-state index contributed by atoms with van der Waals surface area (Å²) >= 11 is 15.2. The molecule has 0 aliphatic rings. The molecule has 112 valence electrons. The minimum atomic E-state index is -0.425. The van der Waals surface area contributed by atoms with Crippen LogP contribution in [0.2, 0.25) is 10.0 Å². The van der Waals surface area contributed by atoms with Crippen LogP contribution in [0.1, 0.15) is 12.5 Å². The molecule has 0 radical (unpaired) electrons. The van der Waals surface area contributed by atoms with Gasteiger partial charge >= 0.3 is 0 Å². The zero-order chi connectivity index (χ0) is 15.4. The Hall–Kier alpha value is -0.970. The molecule has 0 aliphatic carbocycles. The van der Waals surface area contributed by atoms with Crippen LogP contribution in [-0.4, -0.2) is 6.61 Å². The molecule has 0 spiro atoms. The van der Waals surface area contributed by atoms with E-state index in [4.69, 9.17) is 27.9 Å². The van der Waals surface area contributed by atoms with Gasteiger partial charge in [-0.1, -0.05) is 35.3 Å². The van der Waals surface area contributed by atoms with Gasteiger partial charge in [-0.25, -0.2) is 4.39 Å². The molecule has 0 amide bonds. The number of benzene rings is 2. The molecule has 0 fully saturated rings. The van der Waals surface area contributed by atoms with Gasteiger partial charge in [0.25, 0.3) is 0 Å². The molecule has 2 aromatic rings. The van der Waals surface area contributed by atoms with Crippen molar-refractivity contribution in [3.05, 3.63) is 56.2 Å². The minimum Gasteiger partial charge on any atom is -0.491 e. The van der Waals surface area contributed by atoms with E-state index in [1.54, 1.807) is 24.3 Å². The van der Waals surface area contributed by atoms with Crippen LogP contribution >= 0.6 is 39.1 Å². The molecule has 0 saturated carbocycles. The molecule has 0 aromatic heterocycles. The van der Waals surface area contributed by atoms with Gasteiger partial charge in [-0.2, -0.15) is 0 Å². The Balaban J connectivity index is 2.25. The number of hydrogen-bond donors (Lipinski definition) is 1. The minimum absolute atomic E-state index is 0.103. The number of ether oxygens (including phenoxy) is 1. The molecule has 0 saturated heterocycles. The standard InChI is InChI=1S/C15H13BrCl2FNO/c1-2-21-15-11(16)6-10(17)7-13(15)20-8-9-4-3-5-12(18)14(9)19/h3-7,20H,2,8H2,1H3. The number of nitrogens with one attached hydrogen (secondary N) is 1. The second-order valence-corrected chi connectivity index (χ2v) is 5.96. The Morgan fingerprint density at radius 2 is 2.05 bits per heavy atom. The van der Waals surface area contributed by atoms with Crippen molar-refractivity contribution < 1.29 is 9.13 Å². The van der Waals surface area contributed by atoms with Gasteiger partial charge in [0.1, 0.15) is 5.82 Å². The number of anilines is 1. The third-order valence-corrected chi connectivity index (χ3v) is 3.90. The molecule has 0 bridgehead atoms. The average molecular weight is 393 g/mol. The third kappa shape index (κ3) is 4.02. The highest BCUT2D eigenvalue weighted by atomic mass is 79.9. The molecule has 0 unspecified atom stereocenters. The highest BCUT2D eigenvalue weighted by molar-refractivity contribution is 9.10. The van der Waals surface area contributed by atoms with Gasteiger partial charge in [-0.15, -0.1) is 0 Å². The maximum absolute atomic E-state index is 13.9. The molecule has 2 rings (SSSR count). The molecule has 6 heteroatoms. The van der Waals surface area contributed by atoms with E-state index in [9.17, 15) is 4.39 Å². The fourth-order valence-corrected chi connectivity index (χ4v) is 2.98. The lowest BCUT2D eigenvalue weighted by atomic mass is 10.2. The zero-order valence-electron chi connectivity index (χ0n) is 11.2. The van der Waals surface area contributed by atoms with Gasteiger partial charge in [-0.3, -0.25) is 0 Å². The summed E-state index contributed by atoms with van der Waals surface area (Å²) in [6, 6.07) is 8.38.